The Morgan fingerprint density at radius 1 is 1.53 bits per heavy atom. The second-order valence-corrected chi connectivity index (χ2v) is 4.43. The molecule has 3 rings (SSSR count). The number of H-pyrrole nitrogens is 1. The van der Waals surface area contributed by atoms with Crippen LogP contribution in [0.25, 0.3) is 0 Å². The first kappa shape index (κ1) is 11.7. The van der Waals surface area contributed by atoms with E-state index < -0.39 is 0 Å². The van der Waals surface area contributed by atoms with Crippen molar-refractivity contribution in [3.63, 3.8) is 0 Å². The van der Waals surface area contributed by atoms with Gasteiger partial charge in [-0.1, -0.05) is 12.1 Å². The zero-order valence-corrected chi connectivity index (χ0v) is 10.5. The molecule has 1 saturated heterocycles. The lowest BCUT2D eigenvalue weighted by atomic mass is 9.94. The predicted octanol–water partition coefficient (Wildman–Crippen LogP) is 1.40. The van der Waals surface area contributed by atoms with Crippen LogP contribution in [0.1, 0.15) is 28.5 Å². The average Bonchev–Trinajstić information content (AvgIpc) is 2.91. The molecule has 1 fully saturated rings. The number of amides is 1. The third kappa shape index (κ3) is 2.05. The molecule has 1 aromatic heterocycles. The fourth-order valence-electron chi connectivity index (χ4n) is 2.28. The third-order valence-electron chi connectivity index (χ3n) is 3.39. The maximum Gasteiger partial charge on any atom is 0.276 e. The molecule has 0 radical (unpaired) electrons. The van der Waals surface area contributed by atoms with Crippen molar-refractivity contribution in [3.8, 4) is 5.75 Å². The number of carbonyl (C=O) groups is 1. The van der Waals surface area contributed by atoms with E-state index in [0.717, 1.165) is 24.3 Å². The monoisotopic (exact) mass is 258 g/mol. The van der Waals surface area contributed by atoms with Crippen LogP contribution in [0.3, 0.4) is 0 Å². The van der Waals surface area contributed by atoms with E-state index in [-0.39, 0.29) is 11.9 Å². The van der Waals surface area contributed by atoms with Crippen molar-refractivity contribution < 1.29 is 9.53 Å². The van der Waals surface area contributed by atoms with E-state index >= 15 is 0 Å². The molecule has 0 unspecified atom stereocenters. The summed E-state index contributed by atoms with van der Waals surface area (Å²) in [5.41, 5.74) is 1.44. The van der Waals surface area contributed by atoms with E-state index in [2.05, 4.69) is 15.4 Å². The minimum absolute atomic E-state index is 0.0900. The largest absolute Gasteiger partial charge is 0.497 e. The summed E-state index contributed by atoms with van der Waals surface area (Å²) >= 11 is 0. The van der Waals surface area contributed by atoms with Crippen LogP contribution in [-0.2, 0) is 0 Å². The van der Waals surface area contributed by atoms with Crippen molar-refractivity contribution in [2.45, 2.75) is 12.5 Å². The maximum absolute atomic E-state index is 12.2. The summed E-state index contributed by atoms with van der Waals surface area (Å²) in [4.78, 5) is 14.0. The van der Waals surface area contributed by atoms with Gasteiger partial charge in [-0.05, 0) is 24.1 Å². The van der Waals surface area contributed by atoms with Crippen LogP contribution >= 0.6 is 0 Å². The van der Waals surface area contributed by atoms with E-state index in [0.29, 0.717) is 5.69 Å². The highest BCUT2D eigenvalue weighted by Gasteiger charge is 2.34. The van der Waals surface area contributed by atoms with Crippen molar-refractivity contribution in [1.82, 2.24) is 20.3 Å². The normalized spacial score (nSPS) is 17.9. The fourth-order valence-corrected chi connectivity index (χ4v) is 2.28. The highest BCUT2D eigenvalue weighted by atomic mass is 16.5. The molecule has 1 atom stereocenters. The van der Waals surface area contributed by atoms with Gasteiger partial charge in [0, 0.05) is 6.54 Å². The Kier molecular flexibility index (Phi) is 2.91. The summed E-state index contributed by atoms with van der Waals surface area (Å²) in [7, 11) is 1.64. The Hall–Kier alpha value is -2.37. The standard InChI is InChI=1S/C13H14N4O2/c1-19-10-4-2-3-9(7-10)12-5-6-17(12)13(18)11-8-14-16-15-11/h2-4,7-8,12H,5-6H2,1H3,(H,14,15,16)/t12-/m0/s1. The van der Waals surface area contributed by atoms with Crippen molar-refractivity contribution in [1.29, 1.82) is 0 Å². The Morgan fingerprint density at radius 3 is 3.05 bits per heavy atom. The summed E-state index contributed by atoms with van der Waals surface area (Å²) in [5.74, 6) is 0.714. The maximum atomic E-state index is 12.2. The number of ether oxygens (including phenoxy) is 1. The highest BCUT2D eigenvalue weighted by Crippen LogP contribution is 2.35. The summed E-state index contributed by atoms with van der Waals surface area (Å²) in [6.45, 7) is 0.744. The molecule has 0 bridgehead atoms. The van der Waals surface area contributed by atoms with Crippen LogP contribution in [-0.4, -0.2) is 39.9 Å². The third-order valence-corrected chi connectivity index (χ3v) is 3.39. The van der Waals surface area contributed by atoms with E-state index in [4.69, 9.17) is 4.74 Å². The first-order valence-electron chi connectivity index (χ1n) is 6.10. The number of nitrogens with zero attached hydrogens (tertiary/aromatic N) is 3. The molecule has 0 spiro atoms. The van der Waals surface area contributed by atoms with Crippen molar-refractivity contribution >= 4 is 5.91 Å². The zero-order valence-electron chi connectivity index (χ0n) is 10.5. The molecule has 2 heterocycles. The topological polar surface area (TPSA) is 71.1 Å². The molecule has 6 heteroatoms. The summed E-state index contributed by atoms with van der Waals surface area (Å²) in [6, 6.07) is 7.90. The molecule has 1 N–H and O–H groups in total. The molecule has 0 saturated carbocycles. The van der Waals surface area contributed by atoms with Crippen molar-refractivity contribution in [2.75, 3.05) is 13.7 Å². The lowest BCUT2D eigenvalue weighted by Gasteiger charge is -2.40. The van der Waals surface area contributed by atoms with E-state index in [1.54, 1.807) is 12.0 Å². The van der Waals surface area contributed by atoms with Crippen LogP contribution < -0.4 is 4.74 Å². The fraction of sp³-hybridized carbons (Fsp3) is 0.308. The first-order chi connectivity index (χ1) is 9.29. The van der Waals surface area contributed by atoms with Gasteiger partial charge in [-0.25, -0.2) is 0 Å². The highest BCUT2D eigenvalue weighted by molar-refractivity contribution is 5.92. The summed E-state index contributed by atoms with van der Waals surface area (Å²) in [5, 5.41) is 9.95. The lowest BCUT2D eigenvalue weighted by Crippen LogP contribution is -2.45. The number of hydrogen-bond acceptors (Lipinski definition) is 4. The SMILES string of the molecule is COc1cccc([C@@H]2CCN2C(=O)c2cn[nH]n2)c1. The van der Waals surface area contributed by atoms with E-state index in [1.165, 1.54) is 6.20 Å². The molecule has 1 amide bonds. The summed E-state index contributed by atoms with van der Waals surface area (Å²) in [6.07, 6.45) is 2.40. The Morgan fingerprint density at radius 2 is 2.42 bits per heavy atom. The van der Waals surface area contributed by atoms with E-state index in [1.807, 2.05) is 24.3 Å². The minimum atomic E-state index is -0.0900. The number of aromatic nitrogens is 3. The van der Waals surface area contributed by atoms with Gasteiger partial charge in [0.15, 0.2) is 5.69 Å². The Labute approximate surface area is 110 Å². The molecule has 6 nitrogen and oxygen atoms in total. The van der Waals surface area contributed by atoms with Gasteiger partial charge in [-0.15, -0.1) is 0 Å². The van der Waals surface area contributed by atoms with Crippen molar-refractivity contribution in [2.24, 2.45) is 0 Å². The molecular formula is C13H14N4O2. The van der Waals surface area contributed by atoms with Crippen LogP contribution in [0, 0.1) is 0 Å². The van der Waals surface area contributed by atoms with Gasteiger partial charge in [-0.3, -0.25) is 4.79 Å². The van der Waals surface area contributed by atoms with Gasteiger partial charge in [0.2, 0.25) is 0 Å². The number of rotatable bonds is 3. The summed E-state index contributed by atoms with van der Waals surface area (Å²) < 4.78 is 5.21. The van der Waals surface area contributed by atoms with Gasteiger partial charge in [-0.2, -0.15) is 15.4 Å². The van der Waals surface area contributed by atoms with Gasteiger partial charge in [0.05, 0.1) is 19.3 Å². The number of likely N-dealkylation sites (tertiary alicyclic amines) is 1. The molecule has 2 aromatic rings. The van der Waals surface area contributed by atoms with E-state index in [9.17, 15) is 4.79 Å². The molecule has 1 aromatic carbocycles. The lowest BCUT2D eigenvalue weighted by molar-refractivity contribution is 0.0453. The Balaban J connectivity index is 1.80. The van der Waals surface area contributed by atoms with Gasteiger partial charge >= 0.3 is 0 Å². The molecule has 98 valence electrons. The molecular weight excluding hydrogens is 244 g/mol. The van der Waals surface area contributed by atoms with Gasteiger partial charge in [0.1, 0.15) is 5.75 Å². The zero-order chi connectivity index (χ0) is 13.2. The first-order valence-corrected chi connectivity index (χ1v) is 6.10. The molecule has 1 aliphatic heterocycles. The van der Waals surface area contributed by atoms with Crippen LogP contribution in [0.4, 0.5) is 0 Å². The van der Waals surface area contributed by atoms with Gasteiger partial charge in [0.25, 0.3) is 5.91 Å². The Bertz CT molecular complexity index is 582. The predicted molar refractivity (Wildman–Crippen MR) is 67.8 cm³/mol. The van der Waals surface area contributed by atoms with Crippen LogP contribution in [0.2, 0.25) is 0 Å². The second kappa shape index (κ2) is 4.72. The number of aromatic amines is 1. The smallest absolute Gasteiger partial charge is 0.276 e. The number of hydrogen-bond donors (Lipinski definition) is 1. The van der Waals surface area contributed by atoms with Crippen LogP contribution in [0.5, 0.6) is 5.75 Å². The van der Waals surface area contributed by atoms with Gasteiger partial charge < -0.3 is 9.64 Å². The van der Waals surface area contributed by atoms with Crippen molar-refractivity contribution in [3.05, 3.63) is 41.7 Å². The molecule has 19 heavy (non-hydrogen) atoms. The number of methoxy groups -OCH3 is 1. The second-order valence-electron chi connectivity index (χ2n) is 4.43. The minimum Gasteiger partial charge on any atom is -0.497 e. The number of nitrogens with one attached hydrogen (secondary N) is 1. The molecule has 1 aliphatic rings. The van der Waals surface area contributed by atoms with Crippen LogP contribution in [0.15, 0.2) is 30.5 Å². The number of benzene rings is 1. The average molecular weight is 258 g/mol. The number of carbonyl (C=O) groups excluding carboxylic acids is 1. The molecule has 0 aliphatic carbocycles. The quantitative estimate of drug-likeness (QED) is 0.903.